The van der Waals surface area contributed by atoms with Gasteiger partial charge in [0.05, 0.1) is 30.3 Å². The van der Waals surface area contributed by atoms with Crippen LogP contribution in [0.15, 0.2) is 52.3 Å². The van der Waals surface area contributed by atoms with Crippen molar-refractivity contribution in [2.45, 2.75) is 4.90 Å². The summed E-state index contributed by atoms with van der Waals surface area (Å²) in [6.45, 7) is 0. The minimum atomic E-state index is -0.471. The minimum absolute atomic E-state index is 0.136. The van der Waals surface area contributed by atoms with Gasteiger partial charge in [-0.3, -0.25) is 4.79 Å². The fourth-order valence-corrected chi connectivity index (χ4v) is 3.61. The van der Waals surface area contributed by atoms with Crippen molar-refractivity contribution in [1.82, 2.24) is 0 Å². The number of esters is 2. The molecular formula is C19H14O5S. The normalized spacial score (nSPS) is 14.3. The highest BCUT2D eigenvalue weighted by molar-refractivity contribution is 8.05. The van der Waals surface area contributed by atoms with E-state index in [2.05, 4.69) is 4.74 Å². The number of rotatable bonds is 3. The second-order valence-electron chi connectivity index (χ2n) is 5.23. The highest BCUT2D eigenvalue weighted by atomic mass is 32.2. The Morgan fingerprint density at radius 2 is 1.64 bits per heavy atom. The number of hydrogen-bond donors (Lipinski definition) is 0. The Morgan fingerprint density at radius 3 is 2.28 bits per heavy atom. The molecule has 25 heavy (non-hydrogen) atoms. The van der Waals surface area contributed by atoms with Crippen LogP contribution in [0, 0.1) is 0 Å². The van der Waals surface area contributed by atoms with E-state index < -0.39 is 11.9 Å². The standard InChI is InChI=1S/C19H14O5S/c1-23-18(21)12-8-6-11(7-9-12)10-15-16(20)13-4-3-5-14(17(13)25-15)19(22)24-2/h3-10H,1-2H3/b15-10+. The van der Waals surface area contributed by atoms with Crippen LogP contribution in [-0.4, -0.2) is 31.9 Å². The molecule has 0 aromatic heterocycles. The lowest BCUT2D eigenvalue weighted by molar-refractivity contribution is 0.0589. The molecule has 0 spiro atoms. The molecule has 0 saturated heterocycles. The van der Waals surface area contributed by atoms with E-state index in [0.29, 0.717) is 26.5 Å². The summed E-state index contributed by atoms with van der Waals surface area (Å²) in [4.78, 5) is 37.0. The van der Waals surface area contributed by atoms with Gasteiger partial charge in [0.2, 0.25) is 5.78 Å². The third kappa shape index (κ3) is 3.21. The molecular weight excluding hydrogens is 340 g/mol. The molecule has 2 aromatic rings. The van der Waals surface area contributed by atoms with Crippen molar-refractivity contribution in [3.63, 3.8) is 0 Å². The van der Waals surface area contributed by atoms with Gasteiger partial charge in [-0.15, -0.1) is 0 Å². The molecule has 0 N–H and O–H groups in total. The Balaban J connectivity index is 1.92. The van der Waals surface area contributed by atoms with Gasteiger partial charge >= 0.3 is 11.9 Å². The van der Waals surface area contributed by atoms with Crippen LogP contribution in [0.25, 0.3) is 6.08 Å². The van der Waals surface area contributed by atoms with Crippen LogP contribution in [0.1, 0.15) is 36.6 Å². The highest BCUT2D eigenvalue weighted by Gasteiger charge is 2.30. The smallest absolute Gasteiger partial charge is 0.339 e. The van der Waals surface area contributed by atoms with E-state index in [1.54, 1.807) is 48.5 Å². The van der Waals surface area contributed by atoms with Gasteiger partial charge in [0.15, 0.2) is 0 Å². The number of benzene rings is 2. The number of thioether (sulfide) groups is 1. The van der Waals surface area contributed by atoms with E-state index in [1.165, 1.54) is 26.0 Å². The van der Waals surface area contributed by atoms with Gasteiger partial charge in [-0.1, -0.05) is 30.0 Å². The van der Waals surface area contributed by atoms with Gasteiger partial charge < -0.3 is 9.47 Å². The molecule has 0 saturated carbocycles. The van der Waals surface area contributed by atoms with E-state index in [4.69, 9.17) is 4.74 Å². The molecule has 1 heterocycles. The first-order valence-corrected chi connectivity index (χ1v) is 8.20. The zero-order chi connectivity index (χ0) is 18.0. The van der Waals surface area contributed by atoms with Gasteiger partial charge in [0.1, 0.15) is 0 Å². The van der Waals surface area contributed by atoms with E-state index in [0.717, 1.165) is 5.56 Å². The molecule has 0 aliphatic carbocycles. The number of ether oxygens (including phenoxy) is 2. The minimum Gasteiger partial charge on any atom is -0.465 e. The Morgan fingerprint density at radius 1 is 0.960 bits per heavy atom. The van der Waals surface area contributed by atoms with Crippen molar-refractivity contribution in [1.29, 1.82) is 0 Å². The third-order valence-electron chi connectivity index (χ3n) is 3.73. The summed E-state index contributed by atoms with van der Waals surface area (Å²) in [6.07, 6.45) is 1.73. The Hall–Kier alpha value is -2.86. The molecule has 0 radical (unpaired) electrons. The summed E-state index contributed by atoms with van der Waals surface area (Å²) in [5, 5.41) is 0. The molecule has 0 bridgehead atoms. The number of Topliss-reactive ketones (excluding diaryl/α,β-unsaturated/α-hetero) is 1. The van der Waals surface area contributed by atoms with Crippen LogP contribution < -0.4 is 0 Å². The van der Waals surface area contributed by atoms with Crippen molar-refractivity contribution in [2.75, 3.05) is 14.2 Å². The Kier molecular flexibility index (Phi) is 4.72. The van der Waals surface area contributed by atoms with E-state index in [-0.39, 0.29) is 5.78 Å². The van der Waals surface area contributed by atoms with Gasteiger partial charge in [-0.2, -0.15) is 0 Å². The molecule has 0 amide bonds. The largest absolute Gasteiger partial charge is 0.465 e. The average Bonchev–Trinajstić information content (AvgIpc) is 2.97. The summed E-state index contributed by atoms with van der Waals surface area (Å²) in [6, 6.07) is 11.7. The van der Waals surface area contributed by atoms with E-state index in [9.17, 15) is 14.4 Å². The number of hydrogen-bond acceptors (Lipinski definition) is 6. The molecule has 0 atom stereocenters. The van der Waals surface area contributed by atoms with Gasteiger partial charge in [0, 0.05) is 10.5 Å². The second-order valence-corrected chi connectivity index (χ2v) is 6.28. The van der Waals surface area contributed by atoms with Gasteiger partial charge in [-0.05, 0) is 35.9 Å². The highest BCUT2D eigenvalue weighted by Crippen LogP contribution is 2.43. The van der Waals surface area contributed by atoms with Crippen LogP contribution in [0.3, 0.4) is 0 Å². The maximum absolute atomic E-state index is 12.6. The summed E-state index contributed by atoms with van der Waals surface area (Å²) < 4.78 is 9.43. The Labute approximate surface area is 148 Å². The molecule has 0 fully saturated rings. The number of methoxy groups -OCH3 is 2. The number of carbonyl (C=O) groups is 3. The molecule has 0 unspecified atom stereocenters. The van der Waals surface area contributed by atoms with E-state index >= 15 is 0 Å². The first kappa shape index (κ1) is 17.0. The zero-order valence-electron chi connectivity index (χ0n) is 13.6. The fraction of sp³-hybridized carbons (Fsp3) is 0.105. The summed E-state index contributed by atoms with van der Waals surface area (Å²) in [7, 11) is 2.63. The lowest BCUT2D eigenvalue weighted by Gasteiger charge is -2.03. The maximum atomic E-state index is 12.6. The van der Waals surface area contributed by atoms with Crippen LogP contribution in [0.2, 0.25) is 0 Å². The predicted molar refractivity (Wildman–Crippen MR) is 93.7 cm³/mol. The van der Waals surface area contributed by atoms with Crippen molar-refractivity contribution in [2.24, 2.45) is 0 Å². The molecule has 2 aromatic carbocycles. The summed E-state index contributed by atoms with van der Waals surface area (Å²) in [5.41, 5.74) is 2.08. The molecule has 1 aliphatic rings. The zero-order valence-corrected chi connectivity index (χ0v) is 14.4. The monoisotopic (exact) mass is 354 g/mol. The average molecular weight is 354 g/mol. The topological polar surface area (TPSA) is 69.7 Å². The van der Waals surface area contributed by atoms with Crippen molar-refractivity contribution in [3.8, 4) is 0 Å². The number of carbonyl (C=O) groups excluding carboxylic acids is 3. The molecule has 1 aliphatic heterocycles. The quantitative estimate of drug-likeness (QED) is 0.620. The van der Waals surface area contributed by atoms with Gasteiger partial charge in [-0.25, -0.2) is 9.59 Å². The van der Waals surface area contributed by atoms with Crippen LogP contribution in [-0.2, 0) is 9.47 Å². The van der Waals surface area contributed by atoms with Crippen LogP contribution in [0.4, 0.5) is 0 Å². The molecule has 126 valence electrons. The lowest BCUT2D eigenvalue weighted by Crippen LogP contribution is -2.04. The third-order valence-corrected chi connectivity index (χ3v) is 4.90. The fourth-order valence-electron chi connectivity index (χ4n) is 2.47. The summed E-state index contributed by atoms with van der Waals surface area (Å²) >= 11 is 1.24. The van der Waals surface area contributed by atoms with Crippen molar-refractivity contribution in [3.05, 3.63) is 69.6 Å². The van der Waals surface area contributed by atoms with Gasteiger partial charge in [0.25, 0.3) is 0 Å². The second kappa shape index (κ2) is 6.94. The predicted octanol–water partition coefficient (Wildman–Crippen LogP) is 3.59. The van der Waals surface area contributed by atoms with Crippen molar-refractivity contribution < 1.29 is 23.9 Å². The van der Waals surface area contributed by atoms with Crippen molar-refractivity contribution >= 4 is 35.6 Å². The van der Waals surface area contributed by atoms with E-state index in [1.807, 2.05) is 0 Å². The molecule has 3 rings (SSSR count). The number of allylic oxidation sites excluding steroid dienone is 1. The summed E-state index contributed by atoms with van der Waals surface area (Å²) in [5.74, 6) is -1.02. The SMILES string of the molecule is COC(=O)c1ccc(/C=C2/Sc3c(C(=O)OC)cccc3C2=O)cc1. The molecule has 5 nitrogen and oxygen atoms in total. The first-order chi connectivity index (χ1) is 12.0. The Bertz CT molecular complexity index is 897. The maximum Gasteiger partial charge on any atom is 0.339 e. The number of ketones is 1. The number of fused-ring (bicyclic) bond motifs is 1. The van der Waals surface area contributed by atoms with Crippen LogP contribution >= 0.6 is 11.8 Å². The first-order valence-electron chi connectivity index (χ1n) is 7.39. The lowest BCUT2D eigenvalue weighted by atomic mass is 10.1. The van der Waals surface area contributed by atoms with Crippen LogP contribution in [0.5, 0.6) is 0 Å². The molecule has 6 heteroatoms.